The minimum absolute atomic E-state index is 0.0775. The Morgan fingerprint density at radius 1 is 1.18 bits per heavy atom. The molecule has 0 aliphatic heterocycles. The molecule has 0 amide bonds. The summed E-state index contributed by atoms with van der Waals surface area (Å²) >= 11 is 0. The summed E-state index contributed by atoms with van der Waals surface area (Å²) in [4.78, 5) is 0. The summed E-state index contributed by atoms with van der Waals surface area (Å²) in [7, 11) is 3.26. The highest BCUT2D eigenvalue weighted by Crippen LogP contribution is 2.21. The van der Waals surface area contributed by atoms with Gasteiger partial charge < -0.3 is 19.3 Å². The molecule has 1 aromatic rings. The number of aryl methyl sites for hydroxylation is 2. The Bertz CT molecular complexity index is 328. The van der Waals surface area contributed by atoms with Gasteiger partial charge in [0, 0.05) is 25.8 Å². The van der Waals surface area contributed by atoms with E-state index in [0.29, 0.717) is 0 Å². The predicted octanol–water partition coefficient (Wildman–Crippen LogP) is 1.95. The van der Waals surface area contributed by atoms with Gasteiger partial charge in [-0.25, -0.2) is 0 Å². The summed E-state index contributed by atoms with van der Waals surface area (Å²) in [6.07, 6.45) is -0.266. The van der Waals surface area contributed by atoms with E-state index in [1.54, 1.807) is 14.2 Å². The molecule has 1 rings (SSSR count). The highest BCUT2D eigenvalue weighted by atomic mass is 16.7. The van der Waals surface area contributed by atoms with Crippen molar-refractivity contribution in [1.29, 1.82) is 0 Å². The summed E-state index contributed by atoms with van der Waals surface area (Å²) in [5.41, 5.74) is 2.02. The van der Waals surface area contributed by atoms with Crippen LogP contribution in [0.3, 0.4) is 0 Å². The maximum atomic E-state index is 5.22. The average Bonchev–Trinajstić information content (AvgIpc) is 2.60. The number of hydrogen-bond acceptors (Lipinski definition) is 5. The van der Waals surface area contributed by atoms with E-state index in [4.69, 9.17) is 14.0 Å². The molecule has 0 saturated carbocycles. The number of hydrogen-bond donors (Lipinski definition) is 1. The molecule has 2 atom stereocenters. The number of nitrogens with one attached hydrogen (secondary N) is 1. The first-order chi connectivity index (χ1) is 8.01. The highest BCUT2D eigenvalue weighted by molar-refractivity contribution is 5.24. The van der Waals surface area contributed by atoms with Crippen LogP contribution in [-0.2, 0) is 9.47 Å². The van der Waals surface area contributed by atoms with E-state index in [1.165, 1.54) is 0 Å². The summed E-state index contributed by atoms with van der Waals surface area (Å²) in [5, 5.41) is 7.37. The van der Waals surface area contributed by atoms with Crippen LogP contribution < -0.4 is 5.32 Å². The monoisotopic (exact) mass is 242 g/mol. The van der Waals surface area contributed by atoms with Gasteiger partial charge in [-0.1, -0.05) is 5.16 Å². The van der Waals surface area contributed by atoms with Crippen LogP contribution in [0.1, 0.15) is 36.9 Å². The molecule has 1 aromatic heterocycles. The van der Waals surface area contributed by atoms with E-state index in [9.17, 15) is 0 Å². The second-order valence-electron chi connectivity index (χ2n) is 4.25. The maximum absolute atomic E-state index is 5.22. The number of aromatic nitrogens is 1. The highest BCUT2D eigenvalue weighted by Gasteiger charge is 2.22. The van der Waals surface area contributed by atoms with Gasteiger partial charge in [0.25, 0.3) is 0 Å². The van der Waals surface area contributed by atoms with Crippen LogP contribution in [0.2, 0.25) is 0 Å². The molecule has 0 radical (unpaired) electrons. The van der Waals surface area contributed by atoms with Crippen LogP contribution in [0.15, 0.2) is 4.52 Å². The minimum atomic E-state index is -0.266. The summed E-state index contributed by atoms with van der Waals surface area (Å²) < 4.78 is 15.6. The topological polar surface area (TPSA) is 56.5 Å². The Hall–Kier alpha value is -0.910. The lowest BCUT2D eigenvalue weighted by molar-refractivity contribution is -0.120. The average molecular weight is 242 g/mol. The molecule has 0 aromatic carbocycles. The molecule has 0 fully saturated rings. The van der Waals surface area contributed by atoms with Crippen LogP contribution in [0.25, 0.3) is 0 Å². The zero-order valence-corrected chi connectivity index (χ0v) is 11.4. The van der Waals surface area contributed by atoms with Crippen molar-refractivity contribution >= 4 is 0 Å². The molecule has 5 heteroatoms. The molecule has 0 bridgehead atoms. The Morgan fingerprint density at radius 2 is 1.76 bits per heavy atom. The molecule has 98 valence electrons. The first kappa shape index (κ1) is 14.2. The molecular weight excluding hydrogens is 220 g/mol. The normalized spacial score (nSPS) is 15.2. The summed E-state index contributed by atoms with van der Waals surface area (Å²) in [6, 6.07) is 0.220. The van der Waals surface area contributed by atoms with Crippen LogP contribution in [0.5, 0.6) is 0 Å². The Labute approximate surface area is 102 Å². The lowest BCUT2D eigenvalue weighted by atomic mass is 10.1. The smallest absolute Gasteiger partial charge is 0.171 e. The molecule has 5 nitrogen and oxygen atoms in total. The molecule has 2 unspecified atom stereocenters. The minimum Gasteiger partial charge on any atom is -0.361 e. The van der Waals surface area contributed by atoms with Crippen LogP contribution in [0, 0.1) is 13.8 Å². The number of rotatable bonds is 6. The van der Waals surface area contributed by atoms with Crippen molar-refractivity contribution in [1.82, 2.24) is 10.5 Å². The molecule has 0 aliphatic rings. The molecular formula is C12H22N2O3. The van der Waals surface area contributed by atoms with Gasteiger partial charge in [-0.15, -0.1) is 0 Å². The quantitative estimate of drug-likeness (QED) is 0.773. The van der Waals surface area contributed by atoms with Crippen LogP contribution in [0.4, 0.5) is 0 Å². The van der Waals surface area contributed by atoms with E-state index in [0.717, 1.165) is 17.0 Å². The van der Waals surface area contributed by atoms with E-state index in [-0.39, 0.29) is 18.4 Å². The Balaban J connectivity index is 2.69. The van der Waals surface area contributed by atoms with Crippen LogP contribution >= 0.6 is 0 Å². The lowest BCUT2D eigenvalue weighted by Gasteiger charge is -2.25. The largest absolute Gasteiger partial charge is 0.361 e. The van der Waals surface area contributed by atoms with E-state index in [1.807, 2.05) is 20.8 Å². The first-order valence-electron chi connectivity index (χ1n) is 5.75. The van der Waals surface area contributed by atoms with Gasteiger partial charge in [-0.3, -0.25) is 0 Å². The molecule has 0 spiro atoms. The second kappa shape index (κ2) is 6.14. The van der Waals surface area contributed by atoms with E-state index in [2.05, 4.69) is 17.4 Å². The summed E-state index contributed by atoms with van der Waals surface area (Å²) in [6.45, 7) is 7.96. The SMILES string of the molecule is COC(OC)C(C)NC(C)c1c(C)noc1C. The molecule has 1 heterocycles. The third-order valence-corrected chi connectivity index (χ3v) is 2.91. The van der Waals surface area contributed by atoms with Gasteiger partial charge in [-0.05, 0) is 27.7 Å². The van der Waals surface area contributed by atoms with Gasteiger partial charge >= 0.3 is 0 Å². The van der Waals surface area contributed by atoms with Crippen molar-refractivity contribution in [3.63, 3.8) is 0 Å². The number of ether oxygens (including phenoxy) is 2. The predicted molar refractivity (Wildman–Crippen MR) is 64.8 cm³/mol. The standard InChI is InChI=1S/C12H22N2O3/c1-7(11-8(2)14-17-10(11)4)13-9(3)12(15-5)16-6/h7,9,12-13H,1-6H3. The Kier molecular flexibility index (Phi) is 5.11. The third-order valence-electron chi connectivity index (χ3n) is 2.91. The number of nitrogens with zero attached hydrogens (tertiary/aromatic N) is 1. The first-order valence-corrected chi connectivity index (χ1v) is 5.75. The fraction of sp³-hybridized carbons (Fsp3) is 0.750. The Morgan fingerprint density at radius 3 is 2.18 bits per heavy atom. The number of methoxy groups -OCH3 is 2. The zero-order valence-electron chi connectivity index (χ0n) is 11.4. The van der Waals surface area contributed by atoms with E-state index < -0.39 is 0 Å². The van der Waals surface area contributed by atoms with Crippen molar-refractivity contribution in [2.24, 2.45) is 0 Å². The van der Waals surface area contributed by atoms with Crippen molar-refractivity contribution in [3.8, 4) is 0 Å². The van der Waals surface area contributed by atoms with Gasteiger partial charge in [0.05, 0.1) is 11.7 Å². The third kappa shape index (κ3) is 3.28. The summed E-state index contributed by atoms with van der Waals surface area (Å²) in [5.74, 6) is 0.848. The maximum Gasteiger partial charge on any atom is 0.171 e. The van der Waals surface area contributed by atoms with Crippen molar-refractivity contribution in [3.05, 3.63) is 17.0 Å². The zero-order chi connectivity index (χ0) is 13.0. The lowest BCUT2D eigenvalue weighted by Crippen LogP contribution is -2.41. The molecule has 17 heavy (non-hydrogen) atoms. The van der Waals surface area contributed by atoms with Gasteiger partial charge in [-0.2, -0.15) is 0 Å². The molecule has 0 saturated heterocycles. The van der Waals surface area contributed by atoms with Gasteiger partial charge in [0.1, 0.15) is 5.76 Å². The van der Waals surface area contributed by atoms with E-state index >= 15 is 0 Å². The van der Waals surface area contributed by atoms with Crippen LogP contribution in [-0.4, -0.2) is 31.7 Å². The molecule has 1 N–H and O–H groups in total. The van der Waals surface area contributed by atoms with Crippen molar-refractivity contribution in [2.45, 2.75) is 46.1 Å². The van der Waals surface area contributed by atoms with Gasteiger partial charge in [0.15, 0.2) is 6.29 Å². The fourth-order valence-electron chi connectivity index (χ4n) is 2.17. The van der Waals surface area contributed by atoms with Gasteiger partial charge in [0.2, 0.25) is 0 Å². The molecule has 0 aliphatic carbocycles. The fourth-order valence-corrected chi connectivity index (χ4v) is 2.17. The van der Waals surface area contributed by atoms with Crippen molar-refractivity contribution < 1.29 is 14.0 Å². The van der Waals surface area contributed by atoms with Crippen molar-refractivity contribution in [2.75, 3.05) is 14.2 Å². The second-order valence-corrected chi connectivity index (χ2v) is 4.25.